The Morgan fingerprint density at radius 1 is 1.48 bits per heavy atom. The van der Waals surface area contributed by atoms with Gasteiger partial charge in [0.1, 0.15) is 11.5 Å². The Morgan fingerprint density at radius 3 is 3.04 bits per heavy atom. The number of hydrogen-bond acceptors (Lipinski definition) is 5. The number of aromatic nitrogens is 4. The van der Waals surface area contributed by atoms with Gasteiger partial charge in [0, 0.05) is 25.4 Å². The van der Waals surface area contributed by atoms with Gasteiger partial charge in [-0.05, 0) is 55.3 Å². The highest BCUT2D eigenvalue weighted by molar-refractivity contribution is 5.89. The molecule has 3 rings (SSSR count). The average Bonchev–Trinajstić information content (AvgIpc) is 3.03. The van der Waals surface area contributed by atoms with Gasteiger partial charge in [-0.2, -0.15) is 4.68 Å². The van der Waals surface area contributed by atoms with Crippen LogP contribution < -0.4 is 5.32 Å². The van der Waals surface area contributed by atoms with Crippen LogP contribution in [0.25, 0.3) is 5.69 Å². The molecule has 1 N–H and O–H groups in total. The number of carbonyl (C=O) groups is 1. The molecule has 8 nitrogen and oxygen atoms in total. The Balaban J connectivity index is 1.72. The number of urea groups is 1. The summed E-state index contributed by atoms with van der Waals surface area (Å²) in [6.45, 7) is 5.48. The number of benzene rings is 1. The summed E-state index contributed by atoms with van der Waals surface area (Å²) in [5.41, 5.74) is 0.668. The molecule has 0 spiro atoms. The predicted molar refractivity (Wildman–Crippen MR) is 89.1 cm³/mol. The molecule has 2 heterocycles. The van der Waals surface area contributed by atoms with Crippen LogP contribution in [-0.2, 0) is 4.74 Å². The number of halogens is 1. The van der Waals surface area contributed by atoms with Crippen LogP contribution in [0, 0.1) is 12.7 Å². The highest BCUT2D eigenvalue weighted by atomic mass is 19.1. The Kier molecular flexibility index (Phi) is 5.22. The van der Waals surface area contributed by atoms with Crippen molar-refractivity contribution in [2.24, 2.45) is 0 Å². The zero-order valence-electron chi connectivity index (χ0n) is 14.3. The second-order valence-electron chi connectivity index (χ2n) is 5.90. The lowest BCUT2D eigenvalue weighted by molar-refractivity contribution is 0.0181. The van der Waals surface area contributed by atoms with Crippen molar-refractivity contribution in [2.75, 3.05) is 25.0 Å². The maximum absolute atomic E-state index is 14.1. The van der Waals surface area contributed by atoms with E-state index in [1.165, 1.54) is 22.9 Å². The molecule has 2 amide bonds. The van der Waals surface area contributed by atoms with E-state index in [0.717, 1.165) is 12.8 Å². The van der Waals surface area contributed by atoms with Crippen LogP contribution in [-0.4, -0.2) is 56.9 Å². The third-order valence-electron chi connectivity index (χ3n) is 4.12. The maximum Gasteiger partial charge on any atom is 0.321 e. The van der Waals surface area contributed by atoms with Gasteiger partial charge in [0.25, 0.3) is 0 Å². The molecular weight excluding hydrogens is 327 g/mol. The molecule has 9 heteroatoms. The summed E-state index contributed by atoms with van der Waals surface area (Å²) in [6, 6.07) is 4.09. The Morgan fingerprint density at radius 2 is 2.32 bits per heavy atom. The number of piperidine rings is 1. The third kappa shape index (κ3) is 3.93. The van der Waals surface area contributed by atoms with E-state index in [9.17, 15) is 9.18 Å². The zero-order chi connectivity index (χ0) is 17.8. The molecule has 25 heavy (non-hydrogen) atoms. The number of likely N-dealkylation sites (tertiary alicyclic amines) is 1. The number of nitrogens with one attached hydrogen (secondary N) is 1. The van der Waals surface area contributed by atoms with Gasteiger partial charge >= 0.3 is 6.03 Å². The number of amides is 2. The summed E-state index contributed by atoms with van der Waals surface area (Å²) in [5, 5.41) is 13.8. The van der Waals surface area contributed by atoms with Crippen molar-refractivity contribution in [1.29, 1.82) is 0 Å². The zero-order valence-corrected chi connectivity index (χ0v) is 14.3. The lowest BCUT2D eigenvalue weighted by Crippen LogP contribution is -2.45. The van der Waals surface area contributed by atoms with Crippen LogP contribution in [0.4, 0.5) is 14.9 Å². The summed E-state index contributed by atoms with van der Waals surface area (Å²) < 4.78 is 21.0. The molecule has 1 aromatic carbocycles. The third-order valence-corrected chi connectivity index (χ3v) is 4.12. The molecule has 0 radical (unpaired) electrons. The number of ether oxygens (including phenoxy) is 1. The molecule has 2 aromatic rings. The van der Waals surface area contributed by atoms with Crippen molar-refractivity contribution in [3.8, 4) is 5.69 Å². The Hall–Kier alpha value is -2.55. The molecule has 0 saturated carbocycles. The van der Waals surface area contributed by atoms with Crippen molar-refractivity contribution in [3.63, 3.8) is 0 Å². The smallest absolute Gasteiger partial charge is 0.321 e. The summed E-state index contributed by atoms with van der Waals surface area (Å²) in [5.74, 6) is -0.0132. The standard InChI is InChI=1S/C16H21FN6O2/c1-3-25-13-5-4-8-22(10-13)16(24)18-12-6-7-14(17)15(9-12)23-11(2)19-20-21-23/h6-7,9,13H,3-5,8,10H2,1-2H3,(H,18,24). The van der Waals surface area contributed by atoms with E-state index in [0.29, 0.717) is 31.2 Å². The lowest BCUT2D eigenvalue weighted by atomic mass is 10.1. The minimum absolute atomic E-state index is 0.0668. The normalized spacial score (nSPS) is 17.6. The fraction of sp³-hybridized carbons (Fsp3) is 0.500. The number of nitrogens with zero attached hydrogens (tertiary/aromatic N) is 5. The second-order valence-corrected chi connectivity index (χ2v) is 5.90. The number of hydrogen-bond donors (Lipinski definition) is 1. The minimum atomic E-state index is -0.470. The van der Waals surface area contributed by atoms with Crippen LogP contribution in [0.5, 0.6) is 0 Å². The largest absolute Gasteiger partial charge is 0.377 e. The number of tetrazole rings is 1. The first-order valence-corrected chi connectivity index (χ1v) is 8.31. The summed E-state index contributed by atoms with van der Waals surface area (Å²) in [4.78, 5) is 14.2. The first-order valence-electron chi connectivity index (χ1n) is 8.31. The molecule has 1 aliphatic rings. The molecule has 1 unspecified atom stereocenters. The van der Waals surface area contributed by atoms with Gasteiger partial charge in [0.15, 0.2) is 5.82 Å². The first-order chi connectivity index (χ1) is 12.1. The van der Waals surface area contributed by atoms with Crippen LogP contribution in [0.15, 0.2) is 18.2 Å². The van der Waals surface area contributed by atoms with Gasteiger partial charge in [-0.15, -0.1) is 5.10 Å². The summed E-state index contributed by atoms with van der Waals surface area (Å²) in [6.07, 6.45) is 1.92. The van der Waals surface area contributed by atoms with Crippen LogP contribution in [0.1, 0.15) is 25.6 Å². The number of aryl methyl sites for hydroxylation is 1. The molecule has 1 aromatic heterocycles. The highest BCUT2D eigenvalue weighted by Crippen LogP contribution is 2.20. The van der Waals surface area contributed by atoms with Crippen LogP contribution in [0.2, 0.25) is 0 Å². The van der Waals surface area contributed by atoms with Gasteiger partial charge in [0.2, 0.25) is 0 Å². The van der Waals surface area contributed by atoms with Crippen molar-refractivity contribution in [3.05, 3.63) is 29.8 Å². The fourth-order valence-corrected chi connectivity index (χ4v) is 2.90. The number of anilines is 1. The summed E-state index contributed by atoms with van der Waals surface area (Å²) in [7, 11) is 0. The van der Waals surface area contributed by atoms with E-state index >= 15 is 0 Å². The SMILES string of the molecule is CCOC1CCCN(C(=O)Nc2ccc(F)c(-n3nnnc3C)c2)C1. The highest BCUT2D eigenvalue weighted by Gasteiger charge is 2.24. The quantitative estimate of drug-likeness (QED) is 0.915. The molecule has 0 aliphatic carbocycles. The molecule has 1 saturated heterocycles. The second kappa shape index (κ2) is 7.56. The van der Waals surface area contributed by atoms with Gasteiger partial charge in [-0.3, -0.25) is 0 Å². The monoisotopic (exact) mass is 348 g/mol. The maximum atomic E-state index is 14.1. The van der Waals surface area contributed by atoms with E-state index in [1.54, 1.807) is 11.8 Å². The van der Waals surface area contributed by atoms with Crippen molar-refractivity contribution < 1.29 is 13.9 Å². The van der Waals surface area contributed by atoms with E-state index < -0.39 is 5.82 Å². The lowest BCUT2D eigenvalue weighted by Gasteiger charge is -2.32. The van der Waals surface area contributed by atoms with E-state index in [2.05, 4.69) is 20.8 Å². The van der Waals surface area contributed by atoms with Gasteiger partial charge in [0.05, 0.1) is 6.10 Å². The van der Waals surface area contributed by atoms with Crippen LogP contribution in [0.3, 0.4) is 0 Å². The molecule has 134 valence electrons. The average molecular weight is 348 g/mol. The van der Waals surface area contributed by atoms with Gasteiger partial charge in [-0.25, -0.2) is 9.18 Å². The van der Waals surface area contributed by atoms with Gasteiger partial charge < -0.3 is 15.0 Å². The number of carbonyl (C=O) groups excluding carboxylic acids is 1. The minimum Gasteiger partial charge on any atom is -0.377 e. The molecule has 1 atom stereocenters. The molecule has 1 aliphatic heterocycles. The first kappa shape index (κ1) is 17.3. The fourth-order valence-electron chi connectivity index (χ4n) is 2.90. The Bertz CT molecular complexity index is 748. The molecular formula is C16H21FN6O2. The molecule has 0 bridgehead atoms. The predicted octanol–water partition coefficient (Wildman–Crippen LogP) is 2.14. The number of rotatable bonds is 4. The summed E-state index contributed by atoms with van der Waals surface area (Å²) >= 11 is 0. The van der Waals surface area contributed by atoms with Crippen molar-refractivity contribution in [1.82, 2.24) is 25.1 Å². The molecule has 1 fully saturated rings. The van der Waals surface area contributed by atoms with Crippen LogP contribution >= 0.6 is 0 Å². The van der Waals surface area contributed by atoms with E-state index in [4.69, 9.17) is 4.74 Å². The Labute approximate surface area is 145 Å². The topological polar surface area (TPSA) is 85.2 Å². The van der Waals surface area contributed by atoms with Crippen molar-refractivity contribution >= 4 is 11.7 Å². The van der Waals surface area contributed by atoms with Gasteiger partial charge in [-0.1, -0.05) is 0 Å². The van der Waals surface area contributed by atoms with Crippen molar-refractivity contribution in [2.45, 2.75) is 32.8 Å². The van der Waals surface area contributed by atoms with E-state index in [-0.39, 0.29) is 17.8 Å². The van der Waals surface area contributed by atoms with E-state index in [1.807, 2.05) is 6.92 Å².